The van der Waals surface area contributed by atoms with Crippen molar-refractivity contribution in [2.24, 2.45) is 0 Å². The first-order valence-electron chi connectivity index (χ1n) is 12.8. The molecule has 0 radical (unpaired) electrons. The molecule has 2 aromatic carbocycles. The number of rotatable bonds is 11. The van der Waals surface area contributed by atoms with Crippen molar-refractivity contribution in [3.63, 3.8) is 0 Å². The van der Waals surface area contributed by atoms with Crippen LogP contribution in [-0.4, -0.2) is 65.7 Å². The number of alkyl carbamates (subject to hydrolysis) is 1. The summed E-state index contributed by atoms with van der Waals surface area (Å²) in [7, 11) is 1.21. The Kier molecular flexibility index (Phi) is 11.3. The first kappa shape index (κ1) is 31.1. The van der Waals surface area contributed by atoms with Gasteiger partial charge in [0.05, 0.1) is 7.11 Å². The van der Waals surface area contributed by atoms with Crippen molar-refractivity contribution in [3.8, 4) is 5.75 Å². The minimum absolute atomic E-state index is 0.0365. The number of amides is 3. The van der Waals surface area contributed by atoms with Crippen LogP contribution in [-0.2, 0) is 30.3 Å². The van der Waals surface area contributed by atoms with Gasteiger partial charge in [0, 0.05) is 13.0 Å². The molecule has 0 heterocycles. The molecule has 2 aromatic rings. The highest BCUT2D eigenvalue weighted by atomic mass is 16.6. The minimum Gasteiger partial charge on any atom is -0.508 e. The van der Waals surface area contributed by atoms with Gasteiger partial charge in [0.1, 0.15) is 30.0 Å². The lowest BCUT2D eigenvalue weighted by molar-refractivity contribution is -0.144. The van der Waals surface area contributed by atoms with E-state index in [9.17, 15) is 24.3 Å². The highest BCUT2D eigenvalue weighted by Gasteiger charge is 2.36. The van der Waals surface area contributed by atoms with Gasteiger partial charge in [-0.15, -0.1) is 0 Å². The smallest absolute Gasteiger partial charge is 0.408 e. The van der Waals surface area contributed by atoms with E-state index >= 15 is 0 Å². The van der Waals surface area contributed by atoms with Gasteiger partial charge in [0.2, 0.25) is 11.8 Å². The molecule has 0 bridgehead atoms. The van der Waals surface area contributed by atoms with Crippen LogP contribution in [0, 0.1) is 6.92 Å². The first-order valence-corrected chi connectivity index (χ1v) is 12.8. The maximum atomic E-state index is 14.1. The molecule has 0 aromatic heterocycles. The molecule has 0 spiro atoms. The molecule has 39 heavy (non-hydrogen) atoms. The largest absolute Gasteiger partial charge is 0.508 e. The molecular formula is C29H39N3O7. The molecule has 0 fully saturated rings. The van der Waals surface area contributed by atoms with E-state index in [2.05, 4.69) is 15.4 Å². The summed E-state index contributed by atoms with van der Waals surface area (Å²) < 4.78 is 10.1. The van der Waals surface area contributed by atoms with Crippen LogP contribution < -0.4 is 10.6 Å². The van der Waals surface area contributed by atoms with E-state index in [1.54, 1.807) is 39.8 Å². The quantitative estimate of drug-likeness (QED) is 0.371. The van der Waals surface area contributed by atoms with Gasteiger partial charge in [-0.2, -0.15) is 0 Å². The van der Waals surface area contributed by atoms with E-state index in [-0.39, 0.29) is 25.3 Å². The predicted molar refractivity (Wildman–Crippen MR) is 146 cm³/mol. The number of benzene rings is 2. The van der Waals surface area contributed by atoms with Crippen molar-refractivity contribution < 1.29 is 33.8 Å². The second kappa shape index (κ2) is 14.2. The molecule has 2 unspecified atom stereocenters. The standard InChI is InChI=1S/C29H39N3O7/c1-7-15-32(25(26(35)30-18-24(34)38-6)21-13-14-23(33)19(2)16-21)27(36)22(17-20-11-9-8-10-12-20)31-28(37)39-29(3,4)5/h8-14,16,22,25,33H,7,15,17-18H2,1-6H3,(H,30,35)(H,31,37). The van der Waals surface area contributed by atoms with E-state index in [0.717, 1.165) is 5.56 Å². The zero-order chi connectivity index (χ0) is 29.2. The van der Waals surface area contributed by atoms with Crippen LogP contribution in [0.1, 0.15) is 56.8 Å². The summed E-state index contributed by atoms with van der Waals surface area (Å²) >= 11 is 0. The maximum absolute atomic E-state index is 14.1. The summed E-state index contributed by atoms with van der Waals surface area (Å²) in [5, 5.41) is 15.3. The van der Waals surface area contributed by atoms with Gasteiger partial charge < -0.3 is 30.1 Å². The number of aromatic hydroxyl groups is 1. The van der Waals surface area contributed by atoms with E-state index in [1.807, 2.05) is 37.3 Å². The zero-order valence-electron chi connectivity index (χ0n) is 23.4. The summed E-state index contributed by atoms with van der Waals surface area (Å²) in [5.41, 5.74) is 0.962. The van der Waals surface area contributed by atoms with Gasteiger partial charge in [-0.3, -0.25) is 14.4 Å². The molecule has 0 aliphatic carbocycles. The average molecular weight is 542 g/mol. The van der Waals surface area contributed by atoms with E-state index in [1.165, 1.54) is 18.1 Å². The molecule has 0 saturated carbocycles. The van der Waals surface area contributed by atoms with Gasteiger partial charge >= 0.3 is 12.1 Å². The number of hydrogen-bond acceptors (Lipinski definition) is 7. The Hall–Kier alpha value is -4.08. The zero-order valence-corrected chi connectivity index (χ0v) is 23.4. The summed E-state index contributed by atoms with van der Waals surface area (Å²) in [5.74, 6) is -1.72. The third kappa shape index (κ3) is 9.63. The van der Waals surface area contributed by atoms with Crippen molar-refractivity contribution in [2.45, 2.75) is 65.1 Å². The van der Waals surface area contributed by atoms with E-state index in [4.69, 9.17) is 4.74 Å². The minimum atomic E-state index is -1.15. The van der Waals surface area contributed by atoms with Crippen LogP contribution in [0.2, 0.25) is 0 Å². The SMILES string of the molecule is CCCN(C(=O)C(Cc1ccccc1)NC(=O)OC(C)(C)C)C(C(=O)NCC(=O)OC)c1ccc(O)c(C)c1. The highest BCUT2D eigenvalue weighted by molar-refractivity contribution is 5.93. The molecule has 10 heteroatoms. The van der Waals surface area contributed by atoms with Crippen molar-refractivity contribution in [1.82, 2.24) is 15.5 Å². The Labute approximate surface area is 229 Å². The number of carbonyl (C=O) groups excluding carboxylic acids is 4. The topological polar surface area (TPSA) is 134 Å². The number of aryl methyl sites for hydroxylation is 1. The molecule has 212 valence electrons. The Morgan fingerprint density at radius 1 is 1.05 bits per heavy atom. The second-order valence-electron chi connectivity index (χ2n) is 10.2. The fourth-order valence-corrected chi connectivity index (χ4v) is 3.96. The number of phenols is 1. The fraction of sp³-hybridized carbons (Fsp3) is 0.448. The highest BCUT2D eigenvalue weighted by Crippen LogP contribution is 2.27. The van der Waals surface area contributed by atoms with Crippen LogP contribution in [0.25, 0.3) is 0 Å². The number of methoxy groups -OCH3 is 1. The number of esters is 1. The Balaban J connectivity index is 2.53. The van der Waals surface area contributed by atoms with Gasteiger partial charge in [0.25, 0.3) is 0 Å². The number of nitrogens with one attached hydrogen (secondary N) is 2. The van der Waals surface area contributed by atoms with Gasteiger partial charge in [-0.05, 0) is 62.9 Å². The Morgan fingerprint density at radius 2 is 1.72 bits per heavy atom. The van der Waals surface area contributed by atoms with Crippen molar-refractivity contribution in [2.75, 3.05) is 20.2 Å². The lowest BCUT2D eigenvalue weighted by Gasteiger charge is -2.34. The van der Waals surface area contributed by atoms with Crippen LogP contribution >= 0.6 is 0 Å². The maximum Gasteiger partial charge on any atom is 0.408 e. The normalized spacial score (nSPS) is 12.6. The third-order valence-electron chi connectivity index (χ3n) is 5.75. The molecule has 0 aliphatic heterocycles. The second-order valence-corrected chi connectivity index (χ2v) is 10.2. The summed E-state index contributed by atoms with van der Waals surface area (Å²) in [6.07, 6.45) is -0.0985. The summed E-state index contributed by atoms with van der Waals surface area (Å²) in [6, 6.07) is 11.6. The van der Waals surface area contributed by atoms with E-state index in [0.29, 0.717) is 17.5 Å². The Morgan fingerprint density at radius 3 is 2.28 bits per heavy atom. The van der Waals surface area contributed by atoms with Crippen molar-refractivity contribution in [3.05, 3.63) is 65.2 Å². The summed E-state index contributed by atoms with van der Waals surface area (Å²) in [4.78, 5) is 53.5. The lowest BCUT2D eigenvalue weighted by atomic mass is 9.98. The monoisotopic (exact) mass is 541 g/mol. The molecule has 2 atom stereocenters. The molecule has 0 aliphatic rings. The molecule has 0 saturated heterocycles. The average Bonchev–Trinajstić information content (AvgIpc) is 2.87. The number of phenolic OH excluding ortho intramolecular Hbond substituents is 1. The van der Waals surface area contributed by atoms with Crippen molar-refractivity contribution in [1.29, 1.82) is 0 Å². The number of ether oxygens (including phenoxy) is 2. The fourth-order valence-electron chi connectivity index (χ4n) is 3.96. The lowest BCUT2D eigenvalue weighted by Crippen LogP contribution is -2.54. The van der Waals surface area contributed by atoms with Crippen LogP contribution in [0.5, 0.6) is 5.75 Å². The van der Waals surface area contributed by atoms with Gasteiger partial charge in [0.15, 0.2) is 0 Å². The third-order valence-corrected chi connectivity index (χ3v) is 5.75. The predicted octanol–water partition coefficient (Wildman–Crippen LogP) is 3.41. The van der Waals surface area contributed by atoms with Gasteiger partial charge in [-0.1, -0.05) is 43.3 Å². The molecule has 3 amide bonds. The van der Waals surface area contributed by atoms with Gasteiger partial charge in [-0.25, -0.2) is 4.79 Å². The summed E-state index contributed by atoms with van der Waals surface area (Å²) in [6.45, 7) is 8.49. The molecule has 10 nitrogen and oxygen atoms in total. The number of nitrogens with zero attached hydrogens (tertiary/aromatic N) is 1. The Bertz CT molecular complexity index is 1150. The number of carbonyl (C=O) groups is 4. The number of hydrogen-bond donors (Lipinski definition) is 3. The molecule has 2 rings (SSSR count). The van der Waals surface area contributed by atoms with Crippen LogP contribution in [0.15, 0.2) is 48.5 Å². The first-order chi connectivity index (χ1) is 18.4. The molecule has 3 N–H and O–H groups in total. The van der Waals surface area contributed by atoms with Crippen LogP contribution in [0.4, 0.5) is 4.79 Å². The van der Waals surface area contributed by atoms with E-state index < -0.39 is 41.6 Å². The molecular weight excluding hydrogens is 502 g/mol. The van der Waals surface area contributed by atoms with Crippen molar-refractivity contribution >= 4 is 23.9 Å². The van der Waals surface area contributed by atoms with Crippen LogP contribution in [0.3, 0.4) is 0 Å².